The largest absolute Gasteiger partial charge is 0.396 e. The molecule has 0 aliphatic rings. The molecule has 0 saturated carbocycles. The first-order valence-electron chi connectivity index (χ1n) is 8.99. The second kappa shape index (κ2) is 11.2. The topological polar surface area (TPSA) is 104 Å². The summed E-state index contributed by atoms with van der Waals surface area (Å²) in [6.45, 7) is 5.90. The molecule has 3 atom stereocenters. The first-order chi connectivity index (χ1) is 12.3. The molecule has 0 radical (unpaired) electrons. The van der Waals surface area contributed by atoms with E-state index < -0.39 is 18.0 Å². The van der Waals surface area contributed by atoms with Gasteiger partial charge in [0.15, 0.2) is 0 Å². The summed E-state index contributed by atoms with van der Waals surface area (Å²) in [5.41, 5.74) is 6.89. The van der Waals surface area contributed by atoms with Crippen LogP contribution in [0.15, 0.2) is 24.3 Å². The summed E-state index contributed by atoms with van der Waals surface area (Å²) < 4.78 is 0. The predicted molar refractivity (Wildman–Crippen MR) is 104 cm³/mol. The Morgan fingerprint density at radius 3 is 2.31 bits per heavy atom. The van der Waals surface area contributed by atoms with E-state index in [4.69, 9.17) is 17.3 Å². The minimum atomic E-state index is -0.660. The van der Waals surface area contributed by atoms with E-state index in [9.17, 15) is 14.7 Å². The molecule has 1 aromatic carbocycles. The van der Waals surface area contributed by atoms with Crippen molar-refractivity contribution >= 4 is 23.4 Å². The van der Waals surface area contributed by atoms with Gasteiger partial charge in [-0.15, -0.1) is 0 Å². The Hall–Kier alpha value is -1.63. The first-order valence-corrected chi connectivity index (χ1v) is 9.36. The summed E-state index contributed by atoms with van der Waals surface area (Å²) in [5, 5.41) is 15.7. The quantitative estimate of drug-likeness (QED) is 0.491. The molecule has 6 nitrogen and oxygen atoms in total. The van der Waals surface area contributed by atoms with Crippen LogP contribution in [0.25, 0.3) is 0 Å². The van der Waals surface area contributed by atoms with Gasteiger partial charge in [0.05, 0.1) is 12.0 Å². The molecule has 26 heavy (non-hydrogen) atoms. The van der Waals surface area contributed by atoms with Gasteiger partial charge in [0.2, 0.25) is 11.8 Å². The van der Waals surface area contributed by atoms with Gasteiger partial charge in [-0.2, -0.15) is 0 Å². The molecule has 0 saturated heterocycles. The minimum absolute atomic E-state index is 0.0213. The van der Waals surface area contributed by atoms with E-state index in [0.717, 1.165) is 5.56 Å². The second-order valence-electron chi connectivity index (χ2n) is 6.73. The van der Waals surface area contributed by atoms with Gasteiger partial charge >= 0.3 is 0 Å². The highest BCUT2D eigenvalue weighted by Crippen LogP contribution is 2.18. The van der Waals surface area contributed by atoms with Gasteiger partial charge in [-0.1, -0.05) is 37.6 Å². The van der Waals surface area contributed by atoms with Crippen LogP contribution in [0.4, 0.5) is 0 Å². The Morgan fingerprint density at radius 1 is 1.19 bits per heavy atom. The van der Waals surface area contributed by atoms with Gasteiger partial charge in [0, 0.05) is 24.2 Å². The maximum Gasteiger partial charge on any atom is 0.237 e. The van der Waals surface area contributed by atoms with Gasteiger partial charge in [-0.05, 0) is 43.4 Å². The van der Waals surface area contributed by atoms with Crippen LogP contribution >= 0.6 is 11.6 Å². The van der Waals surface area contributed by atoms with Crippen molar-refractivity contribution in [3.8, 4) is 0 Å². The Kier molecular flexibility index (Phi) is 9.62. The van der Waals surface area contributed by atoms with Crippen molar-refractivity contribution < 1.29 is 14.7 Å². The Bertz CT molecular complexity index is 578. The standard InChI is InChI=1S/C19H30ClN3O3/c1-4-22-18(25)15(9-10-24)16(23-19(26)17(21)12(2)3)11-13-5-7-14(20)8-6-13/h5-8,12,15-17,24H,4,9-11,21H2,1-3H3,(H,22,25)(H,23,26)/t15?,16-,17-/m0/s1. The van der Waals surface area contributed by atoms with Crippen LogP contribution < -0.4 is 16.4 Å². The smallest absolute Gasteiger partial charge is 0.237 e. The molecule has 0 heterocycles. The van der Waals surface area contributed by atoms with Crippen molar-refractivity contribution in [2.75, 3.05) is 13.2 Å². The molecular weight excluding hydrogens is 354 g/mol. The molecule has 0 aliphatic heterocycles. The van der Waals surface area contributed by atoms with Crippen LogP contribution in [0.1, 0.15) is 32.8 Å². The molecule has 7 heteroatoms. The van der Waals surface area contributed by atoms with Crippen molar-refractivity contribution in [2.24, 2.45) is 17.6 Å². The summed E-state index contributed by atoms with van der Waals surface area (Å²) >= 11 is 5.93. The van der Waals surface area contributed by atoms with Crippen molar-refractivity contribution in [3.63, 3.8) is 0 Å². The van der Waals surface area contributed by atoms with Crippen LogP contribution in [0, 0.1) is 11.8 Å². The molecule has 0 aromatic heterocycles. The summed E-state index contributed by atoms with van der Waals surface area (Å²) in [6.07, 6.45) is 0.691. The molecule has 1 rings (SSSR count). The Balaban J connectivity index is 3.06. The lowest BCUT2D eigenvalue weighted by molar-refractivity contribution is -0.128. The number of halogens is 1. The zero-order valence-corrected chi connectivity index (χ0v) is 16.4. The first kappa shape index (κ1) is 22.4. The Labute approximate surface area is 160 Å². The lowest BCUT2D eigenvalue weighted by Gasteiger charge is -2.29. The van der Waals surface area contributed by atoms with Crippen molar-refractivity contribution in [2.45, 2.75) is 45.7 Å². The van der Waals surface area contributed by atoms with E-state index in [1.807, 2.05) is 32.9 Å². The zero-order chi connectivity index (χ0) is 19.7. The summed E-state index contributed by atoms with van der Waals surface area (Å²) in [5.74, 6) is -1.07. The van der Waals surface area contributed by atoms with Gasteiger partial charge < -0.3 is 21.5 Å². The number of benzene rings is 1. The van der Waals surface area contributed by atoms with Crippen LogP contribution in [0.3, 0.4) is 0 Å². The number of nitrogens with two attached hydrogens (primary N) is 1. The monoisotopic (exact) mass is 383 g/mol. The van der Waals surface area contributed by atoms with Gasteiger partial charge in [0.25, 0.3) is 0 Å². The van der Waals surface area contributed by atoms with Gasteiger partial charge in [-0.25, -0.2) is 0 Å². The van der Waals surface area contributed by atoms with Crippen LogP contribution in [-0.2, 0) is 16.0 Å². The molecular formula is C19H30ClN3O3. The number of carbonyl (C=O) groups excluding carboxylic acids is 2. The highest BCUT2D eigenvalue weighted by molar-refractivity contribution is 6.30. The fourth-order valence-corrected chi connectivity index (χ4v) is 2.84. The highest BCUT2D eigenvalue weighted by atomic mass is 35.5. The molecule has 1 unspecified atom stereocenters. The minimum Gasteiger partial charge on any atom is -0.396 e. The SMILES string of the molecule is CCNC(=O)C(CCO)[C@H](Cc1ccc(Cl)cc1)NC(=O)[C@@H](N)C(C)C. The predicted octanol–water partition coefficient (Wildman–Crippen LogP) is 1.49. The van der Waals surface area contributed by atoms with E-state index in [1.54, 1.807) is 12.1 Å². The summed E-state index contributed by atoms with van der Waals surface area (Å²) in [7, 11) is 0. The fourth-order valence-electron chi connectivity index (χ4n) is 2.71. The molecule has 5 N–H and O–H groups in total. The van der Waals surface area contributed by atoms with E-state index in [2.05, 4.69) is 10.6 Å². The number of carbonyl (C=O) groups is 2. The highest BCUT2D eigenvalue weighted by Gasteiger charge is 2.31. The number of hydrogen-bond donors (Lipinski definition) is 4. The van der Waals surface area contributed by atoms with Gasteiger partial charge in [-0.3, -0.25) is 9.59 Å². The number of aliphatic hydroxyl groups is 1. The number of rotatable bonds is 10. The van der Waals surface area contributed by atoms with Crippen LogP contribution in [-0.4, -0.2) is 42.2 Å². The third kappa shape index (κ3) is 6.94. The van der Waals surface area contributed by atoms with Crippen molar-refractivity contribution in [1.82, 2.24) is 10.6 Å². The van der Waals surface area contributed by atoms with Crippen molar-refractivity contribution in [3.05, 3.63) is 34.9 Å². The maximum atomic E-state index is 12.5. The maximum absolute atomic E-state index is 12.5. The number of aliphatic hydroxyl groups excluding tert-OH is 1. The zero-order valence-electron chi connectivity index (χ0n) is 15.7. The molecule has 0 fully saturated rings. The number of hydrogen-bond acceptors (Lipinski definition) is 4. The Morgan fingerprint density at radius 2 is 1.81 bits per heavy atom. The average Bonchev–Trinajstić information content (AvgIpc) is 2.60. The fraction of sp³-hybridized carbons (Fsp3) is 0.579. The normalized spacial score (nSPS) is 14.6. The molecule has 2 amide bonds. The molecule has 0 spiro atoms. The second-order valence-corrected chi connectivity index (χ2v) is 7.17. The van der Waals surface area contributed by atoms with Gasteiger partial charge in [0.1, 0.15) is 0 Å². The molecule has 146 valence electrons. The van der Waals surface area contributed by atoms with E-state index in [0.29, 0.717) is 18.0 Å². The average molecular weight is 384 g/mol. The number of nitrogens with one attached hydrogen (secondary N) is 2. The summed E-state index contributed by atoms with van der Waals surface area (Å²) in [4.78, 5) is 25.0. The molecule has 1 aromatic rings. The third-order valence-electron chi connectivity index (χ3n) is 4.33. The van der Waals surface area contributed by atoms with Crippen LogP contribution in [0.2, 0.25) is 5.02 Å². The van der Waals surface area contributed by atoms with E-state index in [-0.39, 0.29) is 30.8 Å². The van der Waals surface area contributed by atoms with Crippen molar-refractivity contribution in [1.29, 1.82) is 0 Å². The number of amides is 2. The molecule has 0 aliphatic carbocycles. The third-order valence-corrected chi connectivity index (χ3v) is 4.58. The van der Waals surface area contributed by atoms with E-state index in [1.165, 1.54) is 0 Å². The molecule has 0 bridgehead atoms. The lowest BCUT2D eigenvalue weighted by Crippen LogP contribution is -2.53. The summed E-state index contributed by atoms with van der Waals surface area (Å²) in [6, 6.07) is 6.11. The van der Waals surface area contributed by atoms with E-state index >= 15 is 0 Å². The van der Waals surface area contributed by atoms with Crippen LogP contribution in [0.5, 0.6) is 0 Å². The lowest BCUT2D eigenvalue weighted by atomic mass is 9.89.